The molecule has 1 atom stereocenters. The number of hydrogen-bond donors (Lipinski definition) is 1. The number of nitrogens with one attached hydrogen (secondary N) is 1. The van der Waals surface area contributed by atoms with E-state index in [2.05, 4.69) is 11.4 Å². The third-order valence-electron chi connectivity index (χ3n) is 3.17. The molecule has 0 amide bonds. The largest absolute Gasteiger partial charge is 0.497 e. The van der Waals surface area contributed by atoms with Gasteiger partial charge in [-0.1, -0.05) is 0 Å². The first-order valence-corrected chi connectivity index (χ1v) is 6.35. The van der Waals surface area contributed by atoms with Gasteiger partial charge in [-0.25, -0.2) is 0 Å². The highest BCUT2D eigenvalue weighted by atomic mass is 16.5. The zero-order chi connectivity index (χ0) is 14.0. The highest BCUT2D eigenvalue weighted by Gasteiger charge is 2.17. The zero-order valence-corrected chi connectivity index (χ0v) is 11.8. The molecule has 0 spiro atoms. The lowest BCUT2D eigenvalue weighted by atomic mass is 10.1. The van der Waals surface area contributed by atoms with E-state index in [0.29, 0.717) is 0 Å². The van der Waals surface area contributed by atoms with Gasteiger partial charge in [0.25, 0.3) is 0 Å². The van der Waals surface area contributed by atoms with Gasteiger partial charge in [-0.2, -0.15) is 5.26 Å². The summed E-state index contributed by atoms with van der Waals surface area (Å²) in [5, 5.41) is 13.7. The topological polar surface area (TPSA) is 50.0 Å². The highest BCUT2D eigenvalue weighted by Crippen LogP contribution is 2.29. The van der Waals surface area contributed by atoms with Crippen LogP contribution in [0.25, 0.3) is 10.9 Å². The Morgan fingerprint density at radius 3 is 2.68 bits per heavy atom. The molecule has 1 aromatic heterocycles. The van der Waals surface area contributed by atoms with E-state index in [-0.39, 0.29) is 12.1 Å². The lowest BCUT2D eigenvalue weighted by molar-refractivity contribution is 0.415. The summed E-state index contributed by atoms with van der Waals surface area (Å²) in [4.78, 5) is 0. The van der Waals surface area contributed by atoms with Gasteiger partial charge in [-0.05, 0) is 32.0 Å². The number of aromatic nitrogens is 1. The minimum absolute atomic E-state index is 0.255. The van der Waals surface area contributed by atoms with Crippen LogP contribution in [0.15, 0.2) is 24.4 Å². The molecule has 4 nitrogen and oxygen atoms in total. The zero-order valence-electron chi connectivity index (χ0n) is 11.8. The molecule has 4 heteroatoms. The quantitative estimate of drug-likeness (QED) is 0.916. The molecule has 1 N–H and O–H groups in total. The van der Waals surface area contributed by atoms with Crippen LogP contribution in [0.2, 0.25) is 0 Å². The fraction of sp³-hybridized carbons (Fsp3) is 0.400. The maximum atomic E-state index is 9.37. The van der Waals surface area contributed by atoms with Crippen LogP contribution in [-0.2, 0) is 7.05 Å². The second-order valence-electron chi connectivity index (χ2n) is 4.96. The Kier molecular flexibility index (Phi) is 3.77. The van der Waals surface area contributed by atoms with Crippen LogP contribution in [0.5, 0.6) is 5.75 Å². The van der Waals surface area contributed by atoms with Crippen molar-refractivity contribution >= 4 is 10.9 Å². The minimum atomic E-state index is -0.309. The summed E-state index contributed by atoms with van der Waals surface area (Å²) >= 11 is 0. The van der Waals surface area contributed by atoms with Crippen LogP contribution in [0.1, 0.15) is 25.5 Å². The molecule has 1 heterocycles. The van der Waals surface area contributed by atoms with Gasteiger partial charge in [0.2, 0.25) is 0 Å². The normalized spacial score (nSPS) is 12.6. The first-order valence-electron chi connectivity index (χ1n) is 6.35. The van der Waals surface area contributed by atoms with Crippen molar-refractivity contribution in [1.82, 2.24) is 9.88 Å². The first-order chi connectivity index (χ1) is 9.06. The first kappa shape index (κ1) is 13.4. The number of nitrogens with zero attached hydrogens (tertiary/aromatic N) is 2. The maximum Gasteiger partial charge on any atom is 0.123 e. The fourth-order valence-electron chi connectivity index (χ4n) is 2.29. The van der Waals surface area contributed by atoms with Gasteiger partial charge in [0.05, 0.1) is 13.2 Å². The van der Waals surface area contributed by atoms with E-state index < -0.39 is 0 Å². The van der Waals surface area contributed by atoms with E-state index in [9.17, 15) is 5.26 Å². The molecule has 0 radical (unpaired) electrons. The SMILES string of the molecule is COc1ccc2c(c1)c(C(C#N)NC(C)C)cn2C. The van der Waals surface area contributed by atoms with Gasteiger partial charge in [0.15, 0.2) is 0 Å². The summed E-state index contributed by atoms with van der Waals surface area (Å²) in [5.74, 6) is 0.807. The van der Waals surface area contributed by atoms with Crippen LogP contribution >= 0.6 is 0 Å². The number of fused-ring (bicyclic) bond motifs is 1. The predicted molar refractivity (Wildman–Crippen MR) is 76.1 cm³/mol. The number of aryl methyl sites for hydroxylation is 1. The van der Waals surface area contributed by atoms with Crippen LogP contribution in [0.4, 0.5) is 0 Å². The predicted octanol–water partition coefficient (Wildman–Crippen LogP) is 2.75. The Bertz CT molecular complexity index is 622. The molecular formula is C15H19N3O. The van der Waals surface area contributed by atoms with Crippen LogP contribution in [-0.4, -0.2) is 17.7 Å². The Balaban J connectivity index is 2.56. The Hall–Kier alpha value is -1.99. The molecule has 19 heavy (non-hydrogen) atoms. The molecule has 0 aliphatic rings. The second-order valence-corrected chi connectivity index (χ2v) is 4.96. The van der Waals surface area contributed by atoms with Crippen molar-refractivity contribution in [2.45, 2.75) is 25.9 Å². The molecule has 100 valence electrons. The number of ether oxygens (including phenoxy) is 1. The van der Waals surface area contributed by atoms with E-state index in [0.717, 1.165) is 22.2 Å². The van der Waals surface area contributed by atoms with Gasteiger partial charge in [-0.3, -0.25) is 5.32 Å². The van der Waals surface area contributed by atoms with Crippen molar-refractivity contribution in [2.75, 3.05) is 7.11 Å². The number of benzene rings is 1. The summed E-state index contributed by atoms with van der Waals surface area (Å²) < 4.78 is 7.31. The van der Waals surface area contributed by atoms with Crippen molar-refractivity contribution in [2.24, 2.45) is 7.05 Å². The Morgan fingerprint density at radius 1 is 1.37 bits per heavy atom. The third-order valence-corrected chi connectivity index (χ3v) is 3.17. The van der Waals surface area contributed by atoms with Gasteiger partial charge < -0.3 is 9.30 Å². The van der Waals surface area contributed by atoms with E-state index in [4.69, 9.17) is 4.74 Å². The van der Waals surface area contributed by atoms with Gasteiger partial charge in [0, 0.05) is 35.8 Å². The lowest BCUT2D eigenvalue weighted by Gasteiger charge is -2.14. The van der Waals surface area contributed by atoms with E-state index in [1.54, 1.807) is 7.11 Å². The summed E-state index contributed by atoms with van der Waals surface area (Å²) in [6.07, 6.45) is 2.01. The molecule has 0 aliphatic carbocycles. The smallest absolute Gasteiger partial charge is 0.123 e. The van der Waals surface area contributed by atoms with Crippen LogP contribution in [0, 0.1) is 11.3 Å². The van der Waals surface area contributed by atoms with Crippen LogP contribution < -0.4 is 10.1 Å². The molecule has 1 aromatic carbocycles. The fourth-order valence-corrected chi connectivity index (χ4v) is 2.29. The van der Waals surface area contributed by atoms with Gasteiger partial charge in [0.1, 0.15) is 11.8 Å². The molecular weight excluding hydrogens is 238 g/mol. The monoisotopic (exact) mass is 257 g/mol. The molecule has 0 aliphatic heterocycles. The van der Waals surface area contributed by atoms with Gasteiger partial charge >= 0.3 is 0 Å². The number of rotatable bonds is 4. The third kappa shape index (κ3) is 2.56. The summed E-state index contributed by atoms with van der Waals surface area (Å²) in [6.45, 7) is 4.08. The van der Waals surface area contributed by atoms with Crippen molar-refractivity contribution in [3.8, 4) is 11.8 Å². The number of hydrogen-bond acceptors (Lipinski definition) is 3. The molecule has 0 saturated heterocycles. The number of nitriles is 1. The van der Waals surface area contributed by atoms with Crippen LogP contribution in [0.3, 0.4) is 0 Å². The molecule has 2 aromatic rings. The van der Waals surface area contributed by atoms with E-state index in [1.807, 2.05) is 49.9 Å². The molecule has 1 unspecified atom stereocenters. The van der Waals surface area contributed by atoms with E-state index in [1.165, 1.54) is 0 Å². The maximum absolute atomic E-state index is 9.37. The average molecular weight is 257 g/mol. The van der Waals surface area contributed by atoms with Gasteiger partial charge in [-0.15, -0.1) is 0 Å². The summed E-state index contributed by atoms with van der Waals surface area (Å²) in [6, 6.07) is 8.21. The number of methoxy groups -OCH3 is 1. The Morgan fingerprint density at radius 2 is 2.11 bits per heavy atom. The molecule has 2 rings (SSSR count). The van der Waals surface area contributed by atoms with Crippen molar-refractivity contribution in [3.63, 3.8) is 0 Å². The second kappa shape index (κ2) is 5.33. The molecule has 0 bridgehead atoms. The summed E-state index contributed by atoms with van der Waals surface area (Å²) in [7, 11) is 3.64. The van der Waals surface area contributed by atoms with Crippen molar-refractivity contribution in [1.29, 1.82) is 5.26 Å². The highest BCUT2D eigenvalue weighted by molar-refractivity contribution is 5.86. The minimum Gasteiger partial charge on any atom is -0.497 e. The standard InChI is InChI=1S/C15H19N3O/c1-10(2)17-14(8-16)13-9-18(3)15-6-5-11(19-4)7-12(13)15/h5-7,9-10,14,17H,1-4H3. The summed E-state index contributed by atoms with van der Waals surface area (Å²) in [5.41, 5.74) is 2.09. The van der Waals surface area contributed by atoms with Crippen molar-refractivity contribution in [3.05, 3.63) is 30.0 Å². The van der Waals surface area contributed by atoms with Crippen molar-refractivity contribution < 1.29 is 4.74 Å². The lowest BCUT2D eigenvalue weighted by Crippen LogP contribution is -2.26. The average Bonchev–Trinajstić information content (AvgIpc) is 2.72. The van der Waals surface area contributed by atoms with E-state index >= 15 is 0 Å². The molecule has 0 saturated carbocycles. The molecule has 0 fully saturated rings. The Labute approximate surface area is 113 Å².